The van der Waals surface area contributed by atoms with Gasteiger partial charge in [-0.2, -0.15) is 0 Å². The lowest BCUT2D eigenvalue weighted by atomic mass is 10.2. The van der Waals surface area contributed by atoms with Crippen molar-refractivity contribution in [2.75, 3.05) is 31.7 Å². The fraction of sp³-hybridized carbons (Fsp3) is 0.389. The van der Waals surface area contributed by atoms with Crippen LogP contribution in [0.25, 0.3) is 0 Å². The third-order valence-electron chi connectivity index (χ3n) is 3.32. The lowest BCUT2D eigenvalue weighted by Crippen LogP contribution is -2.23. The highest BCUT2D eigenvalue weighted by atomic mass is 16.6. The van der Waals surface area contributed by atoms with Crippen LogP contribution in [-0.2, 0) is 28.5 Å². The molecule has 1 aromatic rings. The Kier molecular flexibility index (Phi) is 7.48. The van der Waals surface area contributed by atoms with E-state index in [2.05, 4.69) is 5.32 Å². The number of hydrogen-bond acceptors (Lipinski definition) is 7. The van der Waals surface area contributed by atoms with Crippen LogP contribution in [0.2, 0.25) is 0 Å². The van der Waals surface area contributed by atoms with E-state index < -0.39 is 24.5 Å². The van der Waals surface area contributed by atoms with Gasteiger partial charge in [0.15, 0.2) is 6.61 Å². The number of carbonyl (C=O) groups excluding carboxylic acids is 3. The van der Waals surface area contributed by atoms with Gasteiger partial charge < -0.3 is 24.3 Å². The quantitative estimate of drug-likeness (QED) is 0.557. The largest absolute Gasteiger partial charge is 0.493 e. The monoisotopic (exact) mass is 363 g/mol. The molecule has 1 amide bonds. The Morgan fingerprint density at radius 3 is 2.50 bits per heavy atom. The van der Waals surface area contributed by atoms with Crippen molar-refractivity contribution in [1.29, 1.82) is 0 Å². The summed E-state index contributed by atoms with van der Waals surface area (Å²) in [6, 6.07) is 6.23. The Bertz CT molecular complexity index is 667. The second-order valence-electron chi connectivity index (χ2n) is 5.39. The molecule has 8 nitrogen and oxygen atoms in total. The van der Waals surface area contributed by atoms with Gasteiger partial charge in [-0.3, -0.25) is 4.79 Å². The first-order valence-corrected chi connectivity index (χ1v) is 8.29. The minimum atomic E-state index is -0.773. The maximum Gasteiger partial charge on any atom is 0.377 e. The highest BCUT2D eigenvalue weighted by molar-refractivity contribution is 5.95. The lowest BCUT2D eigenvalue weighted by Gasteiger charge is -2.14. The first kappa shape index (κ1) is 19.3. The van der Waals surface area contributed by atoms with Crippen molar-refractivity contribution in [3.63, 3.8) is 0 Å². The summed E-state index contributed by atoms with van der Waals surface area (Å²) < 4.78 is 19.9. The molecule has 0 saturated heterocycles. The average Bonchev–Trinajstić information content (AvgIpc) is 2.67. The second-order valence-corrected chi connectivity index (χ2v) is 5.39. The van der Waals surface area contributed by atoms with Crippen LogP contribution in [0.4, 0.5) is 5.69 Å². The molecule has 0 atom stereocenters. The first-order valence-electron chi connectivity index (χ1n) is 8.29. The van der Waals surface area contributed by atoms with Gasteiger partial charge >= 0.3 is 11.9 Å². The van der Waals surface area contributed by atoms with Gasteiger partial charge in [0.25, 0.3) is 5.91 Å². The van der Waals surface area contributed by atoms with Crippen LogP contribution in [0, 0.1) is 0 Å². The van der Waals surface area contributed by atoms with Crippen molar-refractivity contribution in [2.45, 2.75) is 19.8 Å². The van der Waals surface area contributed by atoms with E-state index in [1.165, 1.54) is 0 Å². The van der Waals surface area contributed by atoms with E-state index in [0.29, 0.717) is 24.5 Å². The summed E-state index contributed by atoms with van der Waals surface area (Å²) in [7, 11) is 0. The zero-order valence-corrected chi connectivity index (χ0v) is 14.5. The van der Waals surface area contributed by atoms with Crippen molar-refractivity contribution < 1.29 is 33.3 Å². The highest BCUT2D eigenvalue weighted by Gasteiger charge is 2.18. The molecule has 0 aliphatic carbocycles. The Balaban J connectivity index is 1.77. The van der Waals surface area contributed by atoms with Crippen LogP contribution in [0.3, 0.4) is 0 Å². The first-order chi connectivity index (χ1) is 12.6. The summed E-state index contributed by atoms with van der Waals surface area (Å²) >= 11 is 0. The number of ether oxygens (including phenoxy) is 4. The van der Waals surface area contributed by atoms with Gasteiger partial charge in [-0.15, -0.1) is 0 Å². The summed E-state index contributed by atoms with van der Waals surface area (Å²) in [5, 5.41) is 2.56. The number of hydrogen-bond donors (Lipinski definition) is 1. The summed E-state index contributed by atoms with van der Waals surface area (Å²) in [6.07, 6.45) is 2.91. The number of nitrogens with one attached hydrogen (secondary N) is 1. The highest BCUT2D eigenvalue weighted by Crippen LogP contribution is 2.11. The molecule has 0 spiro atoms. The topological polar surface area (TPSA) is 100 Å². The Morgan fingerprint density at radius 2 is 1.85 bits per heavy atom. The average molecular weight is 363 g/mol. The lowest BCUT2D eigenvalue weighted by molar-refractivity contribution is -0.148. The van der Waals surface area contributed by atoms with Gasteiger partial charge in [-0.05, 0) is 30.7 Å². The number of anilines is 1. The van der Waals surface area contributed by atoms with Crippen LogP contribution >= 0.6 is 0 Å². The zero-order chi connectivity index (χ0) is 18.8. The number of amides is 1. The van der Waals surface area contributed by atoms with Gasteiger partial charge in [-0.25, -0.2) is 9.59 Å². The summed E-state index contributed by atoms with van der Waals surface area (Å²) in [5.74, 6) is -1.78. The molecule has 0 aromatic heterocycles. The fourth-order valence-corrected chi connectivity index (χ4v) is 1.96. The summed E-state index contributed by atoms with van der Waals surface area (Å²) in [5.41, 5.74) is 0.861. The Labute approximate surface area is 151 Å². The van der Waals surface area contributed by atoms with E-state index in [0.717, 1.165) is 19.1 Å². The third-order valence-corrected chi connectivity index (χ3v) is 3.32. The van der Waals surface area contributed by atoms with Crippen molar-refractivity contribution in [3.05, 3.63) is 41.9 Å². The SMILES string of the molecule is CCCCOC(=O)c1ccc(NC(=O)COC(=O)C2=COCCO2)cc1. The smallest absolute Gasteiger partial charge is 0.377 e. The molecule has 0 unspecified atom stereocenters. The Hall–Kier alpha value is -3.03. The molecule has 2 rings (SSSR count). The van der Waals surface area contributed by atoms with Gasteiger partial charge in [0.2, 0.25) is 5.76 Å². The van der Waals surface area contributed by atoms with Crippen LogP contribution < -0.4 is 5.32 Å². The fourth-order valence-electron chi connectivity index (χ4n) is 1.96. The molecule has 1 N–H and O–H groups in total. The summed E-state index contributed by atoms with van der Waals surface area (Å²) in [6.45, 7) is 2.53. The number of rotatable bonds is 8. The maximum atomic E-state index is 11.8. The number of esters is 2. The molecule has 8 heteroatoms. The van der Waals surface area contributed by atoms with E-state index >= 15 is 0 Å². The minimum absolute atomic E-state index is 0.0741. The molecular formula is C18H21NO7. The van der Waals surface area contributed by atoms with Gasteiger partial charge in [-0.1, -0.05) is 13.3 Å². The number of unbranched alkanes of at least 4 members (excludes halogenated alkanes) is 1. The van der Waals surface area contributed by atoms with Crippen LogP contribution in [0.15, 0.2) is 36.3 Å². The molecule has 1 aliphatic heterocycles. The number of carbonyl (C=O) groups is 3. The van der Waals surface area contributed by atoms with E-state index in [1.807, 2.05) is 6.92 Å². The maximum absolute atomic E-state index is 11.8. The van der Waals surface area contributed by atoms with E-state index in [4.69, 9.17) is 18.9 Å². The Morgan fingerprint density at radius 1 is 1.08 bits per heavy atom. The van der Waals surface area contributed by atoms with Crippen molar-refractivity contribution in [1.82, 2.24) is 0 Å². The van der Waals surface area contributed by atoms with Crippen LogP contribution in [0.1, 0.15) is 30.1 Å². The van der Waals surface area contributed by atoms with Crippen molar-refractivity contribution in [2.24, 2.45) is 0 Å². The van der Waals surface area contributed by atoms with E-state index in [9.17, 15) is 14.4 Å². The zero-order valence-electron chi connectivity index (χ0n) is 14.5. The van der Waals surface area contributed by atoms with Crippen molar-refractivity contribution >= 4 is 23.5 Å². The van der Waals surface area contributed by atoms with Crippen LogP contribution in [-0.4, -0.2) is 44.3 Å². The van der Waals surface area contributed by atoms with Gasteiger partial charge in [0, 0.05) is 5.69 Å². The predicted molar refractivity (Wildman–Crippen MR) is 91.2 cm³/mol. The standard InChI is InChI=1S/C18H21NO7/c1-2-3-8-25-17(21)13-4-6-14(7-5-13)19-16(20)12-26-18(22)15-11-23-9-10-24-15/h4-7,11H,2-3,8-10,12H2,1H3,(H,19,20). The molecule has 26 heavy (non-hydrogen) atoms. The molecule has 0 saturated carbocycles. The summed E-state index contributed by atoms with van der Waals surface area (Å²) in [4.78, 5) is 35.3. The van der Waals surface area contributed by atoms with Gasteiger partial charge in [0.1, 0.15) is 19.5 Å². The molecule has 0 radical (unpaired) electrons. The van der Waals surface area contributed by atoms with Crippen molar-refractivity contribution in [3.8, 4) is 0 Å². The van der Waals surface area contributed by atoms with Crippen LogP contribution in [0.5, 0.6) is 0 Å². The molecule has 1 aliphatic rings. The normalized spacial score (nSPS) is 12.9. The number of benzene rings is 1. The van der Waals surface area contributed by atoms with E-state index in [1.54, 1.807) is 24.3 Å². The third kappa shape index (κ3) is 6.12. The molecule has 1 heterocycles. The molecule has 0 bridgehead atoms. The second kappa shape index (κ2) is 10.1. The van der Waals surface area contributed by atoms with Gasteiger partial charge in [0.05, 0.1) is 12.2 Å². The molecule has 140 valence electrons. The predicted octanol–water partition coefficient (Wildman–Crippen LogP) is 2.01. The molecule has 0 fully saturated rings. The molecule has 1 aromatic carbocycles. The molecular weight excluding hydrogens is 342 g/mol. The minimum Gasteiger partial charge on any atom is -0.493 e. The van der Waals surface area contributed by atoms with E-state index in [-0.39, 0.29) is 12.4 Å².